The fraction of sp³-hybridized carbons (Fsp3) is 0.733. The van der Waals surface area contributed by atoms with Crippen LogP contribution in [-0.2, 0) is 37.3 Å². The first-order chi connectivity index (χ1) is 27.0. The second-order valence-electron chi connectivity index (χ2n) is 17.9. The summed E-state index contributed by atoms with van der Waals surface area (Å²) in [5.41, 5.74) is -0.247. The standard InChI is InChI=1S/C45H72O10Si2/c1-13-37-51-39-38(30(8)33(25-26-46)54-56(14-2,15-3)16-4)43(10,11)28-34(50-42(48)32-23-21-20-22-24-32)40-44(12,41(39)52-37)35(55-57(17-5,18-6)19-7)27-36-45(40,29-49-36)53-31(9)47/h13,20-24,33-37,39-41,46H,1,14-19,25-29H2,2-12H3/b38-30-/t33?,34?,35?,36?,37?,39?,40?,41?,44-,45?/m1/s1. The van der Waals surface area contributed by atoms with Gasteiger partial charge in [-0.15, -0.1) is 0 Å². The summed E-state index contributed by atoms with van der Waals surface area (Å²) in [6, 6.07) is 14.7. The molecule has 10 atom stereocenters. The molecule has 1 aromatic rings. The summed E-state index contributed by atoms with van der Waals surface area (Å²) in [5.74, 6) is -1.46. The van der Waals surface area contributed by atoms with Crippen molar-refractivity contribution in [3.05, 3.63) is 59.7 Å². The van der Waals surface area contributed by atoms with Crippen molar-refractivity contribution >= 4 is 28.6 Å². The maximum atomic E-state index is 14.4. The summed E-state index contributed by atoms with van der Waals surface area (Å²) < 4.78 is 48.7. The molecule has 0 spiro atoms. The highest BCUT2D eigenvalue weighted by Crippen LogP contribution is 2.64. The minimum Gasteiger partial charge on any atom is -0.458 e. The molecule has 1 N–H and O–H groups in total. The van der Waals surface area contributed by atoms with E-state index in [4.69, 9.17) is 32.5 Å². The molecule has 2 heterocycles. The Morgan fingerprint density at radius 2 is 1.56 bits per heavy atom. The lowest BCUT2D eigenvalue weighted by Crippen LogP contribution is -2.79. The van der Waals surface area contributed by atoms with Crippen LogP contribution in [0.1, 0.15) is 106 Å². The molecular weight excluding hydrogens is 757 g/mol. The molecule has 57 heavy (non-hydrogen) atoms. The molecule has 320 valence electrons. The van der Waals surface area contributed by atoms with Gasteiger partial charge in [0.15, 0.2) is 28.5 Å². The van der Waals surface area contributed by atoms with Gasteiger partial charge in [-0.05, 0) is 90.8 Å². The molecule has 10 nitrogen and oxygen atoms in total. The van der Waals surface area contributed by atoms with E-state index in [-0.39, 0.29) is 19.3 Å². The molecule has 4 fully saturated rings. The largest absolute Gasteiger partial charge is 0.458 e. The SMILES string of the molecule is C=CC1OC2/C(=C(\C)C(CCO)O[Si](CC)(CC)CC)C(C)(C)CC(OC(=O)c3ccccc3)C3C4(OC(C)=O)COC4CC(O[Si](CC)(CC)CC)[C@@]3(C)C2O1. The molecule has 5 rings (SSSR count). The first kappa shape index (κ1) is 45.9. The molecule has 2 saturated heterocycles. The van der Waals surface area contributed by atoms with Gasteiger partial charge >= 0.3 is 11.9 Å². The highest BCUT2D eigenvalue weighted by molar-refractivity contribution is 6.74. The first-order valence-electron chi connectivity index (χ1n) is 21.7. The van der Waals surface area contributed by atoms with E-state index >= 15 is 0 Å². The smallest absolute Gasteiger partial charge is 0.338 e. The number of hydrogen-bond donors (Lipinski definition) is 1. The predicted molar refractivity (Wildman–Crippen MR) is 227 cm³/mol. The van der Waals surface area contributed by atoms with Crippen LogP contribution in [0.3, 0.4) is 0 Å². The quantitative estimate of drug-likeness (QED) is 0.0926. The second-order valence-corrected chi connectivity index (χ2v) is 27.3. The fourth-order valence-corrected chi connectivity index (χ4v) is 16.9. The molecule has 12 heteroatoms. The number of aliphatic hydroxyl groups is 1. The Morgan fingerprint density at radius 3 is 2.07 bits per heavy atom. The number of hydrogen-bond acceptors (Lipinski definition) is 10. The van der Waals surface area contributed by atoms with Crippen LogP contribution < -0.4 is 0 Å². The third-order valence-electron chi connectivity index (χ3n) is 14.7. The van der Waals surface area contributed by atoms with E-state index in [9.17, 15) is 14.7 Å². The molecule has 4 aliphatic rings. The van der Waals surface area contributed by atoms with Gasteiger partial charge in [0.2, 0.25) is 0 Å². The number of esters is 2. The number of carbonyl (C=O) groups is 2. The van der Waals surface area contributed by atoms with Crippen molar-refractivity contribution in [3.63, 3.8) is 0 Å². The number of carbonyl (C=O) groups excluding carboxylic acids is 2. The summed E-state index contributed by atoms with van der Waals surface area (Å²) in [7, 11) is -4.44. The predicted octanol–water partition coefficient (Wildman–Crippen LogP) is 9.14. The van der Waals surface area contributed by atoms with Gasteiger partial charge < -0.3 is 37.6 Å². The zero-order chi connectivity index (χ0) is 42.0. The normalized spacial score (nSPS) is 33.6. The summed E-state index contributed by atoms with van der Waals surface area (Å²) in [6.45, 7) is 27.7. The zero-order valence-corrected chi connectivity index (χ0v) is 38.7. The lowest BCUT2D eigenvalue weighted by Gasteiger charge is -2.67. The van der Waals surface area contributed by atoms with Crippen LogP contribution in [0.25, 0.3) is 0 Å². The van der Waals surface area contributed by atoms with Crippen molar-refractivity contribution in [1.29, 1.82) is 0 Å². The van der Waals surface area contributed by atoms with E-state index in [1.165, 1.54) is 6.92 Å². The highest BCUT2D eigenvalue weighted by atomic mass is 28.4. The number of aliphatic hydroxyl groups excluding tert-OH is 1. The molecule has 1 aromatic carbocycles. The zero-order valence-electron chi connectivity index (χ0n) is 36.7. The Hall–Kier alpha value is -2.17. The summed E-state index contributed by atoms with van der Waals surface area (Å²) in [6.07, 6.45) is -0.948. The number of benzene rings is 1. The lowest BCUT2D eigenvalue weighted by molar-refractivity contribution is -0.345. The van der Waals surface area contributed by atoms with Gasteiger partial charge in [0.25, 0.3) is 0 Å². The maximum absolute atomic E-state index is 14.4. The molecule has 2 aliphatic heterocycles. The van der Waals surface area contributed by atoms with E-state index in [2.05, 4.69) is 75.8 Å². The summed E-state index contributed by atoms with van der Waals surface area (Å²) >= 11 is 0. The number of fused-ring (bicyclic) bond motifs is 5. The third kappa shape index (κ3) is 8.45. The maximum Gasteiger partial charge on any atom is 0.338 e. The van der Waals surface area contributed by atoms with E-state index < -0.39 is 87.7 Å². The second kappa shape index (κ2) is 18.2. The molecule has 0 aromatic heterocycles. The van der Waals surface area contributed by atoms with Crippen LogP contribution in [0.15, 0.2) is 54.1 Å². The number of rotatable bonds is 17. The van der Waals surface area contributed by atoms with Gasteiger partial charge in [-0.25, -0.2) is 4.79 Å². The Kier molecular flexibility index (Phi) is 14.7. The van der Waals surface area contributed by atoms with Gasteiger partial charge in [0.05, 0.1) is 36.4 Å². The summed E-state index contributed by atoms with van der Waals surface area (Å²) in [4.78, 5) is 27.6. The van der Waals surface area contributed by atoms with Crippen molar-refractivity contribution in [1.82, 2.24) is 0 Å². The monoisotopic (exact) mass is 828 g/mol. The average molecular weight is 829 g/mol. The van der Waals surface area contributed by atoms with Crippen LogP contribution in [0, 0.1) is 16.7 Å². The number of ether oxygens (including phenoxy) is 5. The molecular formula is C45H72O10Si2. The first-order valence-corrected chi connectivity index (χ1v) is 26.8. The van der Waals surface area contributed by atoms with Crippen molar-refractivity contribution in [2.24, 2.45) is 16.7 Å². The average Bonchev–Trinajstić information content (AvgIpc) is 3.62. The minimum atomic E-state index is -2.30. The molecule has 0 radical (unpaired) electrons. The summed E-state index contributed by atoms with van der Waals surface area (Å²) in [5, 5.41) is 10.5. The van der Waals surface area contributed by atoms with E-state index in [1.807, 2.05) is 18.2 Å². The molecule has 2 aliphatic carbocycles. The van der Waals surface area contributed by atoms with Crippen LogP contribution in [0.4, 0.5) is 0 Å². The third-order valence-corrected chi connectivity index (χ3v) is 24.0. The van der Waals surface area contributed by atoms with Gasteiger partial charge in [-0.2, -0.15) is 0 Å². The molecule has 0 amide bonds. The van der Waals surface area contributed by atoms with Crippen molar-refractivity contribution in [2.45, 2.75) is 180 Å². The fourth-order valence-electron chi connectivity index (χ4n) is 11.1. The Balaban J connectivity index is 1.83. The van der Waals surface area contributed by atoms with Crippen LogP contribution >= 0.6 is 0 Å². The Bertz CT molecular complexity index is 1570. The highest BCUT2D eigenvalue weighted by Gasteiger charge is 2.75. The van der Waals surface area contributed by atoms with Crippen LogP contribution in [-0.4, -0.2) is 95.4 Å². The molecule has 9 unspecified atom stereocenters. The topological polar surface area (TPSA) is 119 Å². The van der Waals surface area contributed by atoms with Crippen molar-refractivity contribution < 1.29 is 47.2 Å². The minimum absolute atomic E-state index is 0.0326. The van der Waals surface area contributed by atoms with Gasteiger partial charge in [0, 0.05) is 25.4 Å². The van der Waals surface area contributed by atoms with Gasteiger partial charge in [0.1, 0.15) is 18.3 Å². The van der Waals surface area contributed by atoms with Gasteiger partial charge in [-0.3, -0.25) is 4.79 Å². The Morgan fingerprint density at radius 1 is 0.947 bits per heavy atom. The van der Waals surface area contributed by atoms with Crippen LogP contribution in [0.5, 0.6) is 0 Å². The van der Waals surface area contributed by atoms with E-state index in [1.54, 1.807) is 18.2 Å². The van der Waals surface area contributed by atoms with E-state index in [0.717, 1.165) is 47.4 Å². The van der Waals surface area contributed by atoms with Crippen LogP contribution in [0.2, 0.25) is 36.3 Å². The Labute approximate surface area is 344 Å². The lowest BCUT2D eigenvalue weighted by atomic mass is 9.48. The van der Waals surface area contributed by atoms with E-state index in [0.29, 0.717) is 24.8 Å². The molecule has 0 bridgehead atoms. The van der Waals surface area contributed by atoms with Crippen molar-refractivity contribution in [2.75, 3.05) is 13.2 Å². The van der Waals surface area contributed by atoms with Crippen molar-refractivity contribution in [3.8, 4) is 0 Å². The van der Waals surface area contributed by atoms with Gasteiger partial charge in [-0.1, -0.05) is 87.1 Å². The molecule has 2 saturated carbocycles.